The quantitative estimate of drug-likeness (QED) is 0.132. The van der Waals surface area contributed by atoms with E-state index in [2.05, 4.69) is 17.7 Å². The van der Waals surface area contributed by atoms with Gasteiger partial charge >= 0.3 is 0 Å². The maximum atomic E-state index is 11.8. The zero-order valence-electron chi connectivity index (χ0n) is 19.9. The van der Waals surface area contributed by atoms with E-state index in [1.807, 2.05) is 0 Å². The van der Waals surface area contributed by atoms with Crippen molar-refractivity contribution < 1.29 is 9.63 Å². The van der Waals surface area contributed by atoms with Gasteiger partial charge in [0.1, 0.15) is 0 Å². The van der Waals surface area contributed by atoms with Gasteiger partial charge in [-0.05, 0) is 19.3 Å². The van der Waals surface area contributed by atoms with E-state index in [0.29, 0.717) is 6.42 Å². The largest absolute Gasteiger partial charge is 0.356 e. The maximum Gasteiger partial charge on any atom is 0.219 e. The Bertz CT molecular complexity index is 324. The summed E-state index contributed by atoms with van der Waals surface area (Å²) in [6.45, 7) is 3.87. The summed E-state index contributed by atoms with van der Waals surface area (Å²) in [4.78, 5) is 16.9. The minimum absolute atomic E-state index is 0.234. The number of rotatable bonds is 24. The summed E-state index contributed by atoms with van der Waals surface area (Å²) >= 11 is 0. The second kappa shape index (κ2) is 25.4. The molecule has 174 valence electrons. The molecule has 0 aromatic rings. The Morgan fingerprint density at radius 2 is 1.07 bits per heavy atom. The lowest BCUT2D eigenvalue weighted by Gasteiger charge is -2.06. The Hall–Kier alpha value is -0.610. The van der Waals surface area contributed by atoms with Crippen LogP contribution < -0.4 is 10.8 Å². The molecule has 0 aliphatic carbocycles. The molecule has 0 bridgehead atoms. The fraction of sp³-hybridized carbons (Fsp3) is 0.960. The number of carbonyl (C=O) groups is 1. The van der Waals surface area contributed by atoms with Gasteiger partial charge in [0.15, 0.2) is 0 Å². The van der Waals surface area contributed by atoms with E-state index in [9.17, 15) is 4.79 Å². The number of hydrogen-bond acceptors (Lipinski definition) is 3. The molecule has 4 nitrogen and oxygen atoms in total. The second-order valence-corrected chi connectivity index (χ2v) is 8.52. The molecule has 0 aliphatic rings. The van der Waals surface area contributed by atoms with Crippen LogP contribution in [0.3, 0.4) is 0 Å². The van der Waals surface area contributed by atoms with E-state index in [1.165, 1.54) is 89.9 Å². The van der Waals surface area contributed by atoms with Crippen molar-refractivity contribution in [2.24, 2.45) is 0 Å². The molecule has 0 radical (unpaired) electrons. The fourth-order valence-corrected chi connectivity index (χ4v) is 3.73. The Morgan fingerprint density at radius 1 is 0.621 bits per heavy atom. The number of carbonyl (C=O) groups excluding carboxylic acids is 1. The van der Waals surface area contributed by atoms with E-state index in [4.69, 9.17) is 4.84 Å². The maximum absolute atomic E-state index is 11.8. The highest BCUT2D eigenvalue weighted by Crippen LogP contribution is 2.13. The van der Waals surface area contributed by atoms with Gasteiger partial charge in [0.05, 0.1) is 6.61 Å². The number of hydrogen-bond donors (Lipinski definition) is 2. The van der Waals surface area contributed by atoms with Crippen LogP contribution in [0, 0.1) is 0 Å². The Labute approximate surface area is 182 Å². The molecule has 0 saturated heterocycles. The summed E-state index contributed by atoms with van der Waals surface area (Å²) < 4.78 is 0. The molecular weight excluding hydrogens is 360 g/mol. The van der Waals surface area contributed by atoms with Crippen LogP contribution in [0.25, 0.3) is 0 Å². The van der Waals surface area contributed by atoms with Crippen LogP contribution in [-0.2, 0) is 9.63 Å². The van der Waals surface area contributed by atoms with Crippen LogP contribution in [0.15, 0.2) is 0 Å². The first kappa shape index (κ1) is 28.4. The van der Waals surface area contributed by atoms with Crippen molar-refractivity contribution in [2.75, 3.05) is 20.2 Å². The van der Waals surface area contributed by atoms with Crippen molar-refractivity contribution in [1.82, 2.24) is 10.8 Å². The molecule has 0 aromatic carbocycles. The van der Waals surface area contributed by atoms with E-state index in [-0.39, 0.29) is 5.91 Å². The molecule has 0 aliphatic heterocycles. The van der Waals surface area contributed by atoms with Gasteiger partial charge in [0.25, 0.3) is 0 Å². The average molecular weight is 413 g/mol. The van der Waals surface area contributed by atoms with Crippen LogP contribution in [0.1, 0.15) is 135 Å². The predicted octanol–water partition coefficient (Wildman–Crippen LogP) is 7.08. The Balaban J connectivity index is 3.12. The monoisotopic (exact) mass is 412 g/mol. The van der Waals surface area contributed by atoms with Crippen LogP contribution in [0.4, 0.5) is 0 Å². The third-order valence-corrected chi connectivity index (χ3v) is 5.65. The number of nitrogens with one attached hydrogen (secondary N) is 2. The van der Waals surface area contributed by atoms with Gasteiger partial charge < -0.3 is 10.2 Å². The second-order valence-electron chi connectivity index (χ2n) is 8.52. The molecule has 0 atom stereocenters. The lowest BCUT2D eigenvalue weighted by molar-refractivity contribution is -0.121. The highest BCUT2D eigenvalue weighted by Gasteiger charge is 2.00. The Kier molecular flexibility index (Phi) is 24.9. The van der Waals surface area contributed by atoms with Crippen molar-refractivity contribution in [1.29, 1.82) is 0 Å². The molecule has 1 amide bonds. The average Bonchev–Trinajstić information content (AvgIpc) is 2.72. The zero-order chi connectivity index (χ0) is 21.3. The van der Waals surface area contributed by atoms with Gasteiger partial charge in [-0.15, -0.1) is 0 Å². The number of amides is 1. The molecule has 0 unspecified atom stereocenters. The van der Waals surface area contributed by atoms with Gasteiger partial charge in [0.2, 0.25) is 5.91 Å². The molecule has 29 heavy (non-hydrogen) atoms. The molecule has 0 saturated carbocycles. The van der Waals surface area contributed by atoms with Crippen LogP contribution in [-0.4, -0.2) is 26.1 Å². The zero-order valence-corrected chi connectivity index (χ0v) is 19.9. The van der Waals surface area contributed by atoms with Crippen LogP contribution >= 0.6 is 0 Å². The molecular formula is C25H52N2O2. The minimum atomic E-state index is 0.234. The van der Waals surface area contributed by atoms with Gasteiger partial charge in [0, 0.05) is 20.0 Å². The smallest absolute Gasteiger partial charge is 0.219 e. The van der Waals surface area contributed by atoms with Crippen molar-refractivity contribution in [3.63, 3.8) is 0 Å². The van der Waals surface area contributed by atoms with Crippen molar-refractivity contribution in [3.05, 3.63) is 0 Å². The van der Waals surface area contributed by atoms with Gasteiger partial charge in [-0.3, -0.25) is 4.79 Å². The lowest BCUT2D eigenvalue weighted by atomic mass is 10.0. The summed E-state index contributed by atoms with van der Waals surface area (Å²) in [6, 6.07) is 0. The molecule has 0 rings (SSSR count). The number of hydroxylamine groups is 1. The third kappa shape index (κ3) is 25.4. The summed E-state index contributed by atoms with van der Waals surface area (Å²) in [5.41, 5.74) is 2.68. The molecule has 0 heterocycles. The van der Waals surface area contributed by atoms with E-state index < -0.39 is 0 Å². The SMILES string of the molecule is CCCCCCCCCCCCCCCCCC(=O)NCCCCCCONC. The highest BCUT2D eigenvalue weighted by atomic mass is 16.6. The van der Waals surface area contributed by atoms with Gasteiger partial charge in [-0.25, -0.2) is 5.48 Å². The molecule has 0 aromatic heterocycles. The normalized spacial score (nSPS) is 11.1. The van der Waals surface area contributed by atoms with E-state index in [0.717, 1.165) is 45.3 Å². The molecule has 4 heteroatoms. The number of unbranched alkanes of at least 4 members (excludes halogenated alkanes) is 17. The third-order valence-electron chi connectivity index (χ3n) is 5.65. The first-order chi connectivity index (χ1) is 14.3. The highest BCUT2D eigenvalue weighted by molar-refractivity contribution is 5.75. The van der Waals surface area contributed by atoms with Crippen LogP contribution in [0.2, 0.25) is 0 Å². The lowest BCUT2D eigenvalue weighted by Crippen LogP contribution is -2.23. The standard InChI is InChI=1S/C25H52N2O2/c1-3-4-5-6-7-8-9-10-11-12-13-14-15-16-19-22-25(28)27-23-20-17-18-21-24-29-26-2/h26H,3-24H2,1-2H3,(H,27,28). The van der Waals surface area contributed by atoms with E-state index >= 15 is 0 Å². The predicted molar refractivity (Wildman–Crippen MR) is 126 cm³/mol. The first-order valence-corrected chi connectivity index (χ1v) is 12.9. The van der Waals surface area contributed by atoms with Crippen LogP contribution in [0.5, 0.6) is 0 Å². The summed E-state index contributed by atoms with van der Waals surface area (Å²) in [5.74, 6) is 0.234. The molecule has 0 fully saturated rings. The summed E-state index contributed by atoms with van der Waals surface area (Å²) in [6.07, 6.45) is 25.7. The fourth-order valence-electron chi connectivity index (χ4n) is 3.73. The van der Waals surface area contributed by atoms with Crippen molar-refractivity contribution in [2.45, 2.75) is 135 Å². The summed E-state index contributed by atoms with van der Waals surface area (Å²) in [5, 5.41) is 3.05. The van der Waals surface area contributed by atoms with Gasteiger partial charge in [-0.2, -0.15) is 0 Å². The van der Waals surface area contributed by atoms with Crippen molar-refractivity contribution >= 4 is 5.91 Å². The first-order valence-electron chi connectivity index (χ1n) is 12.9. The van der Waals surface area contributed by atoms with Crippen molar-refractivity contribution in [3.8, 4) is 0 Å². The minimum Gasteiger partial charge on any atom is -0.356 e. The topological polar surface area (TPSA) is 50.4 Å². The molecule has 0 spiro atoms. The molecule has 2 N–H and O–H groups in total. The Morgan fingerprint density at radius 3 is 1.59 bits per heavy atom. The van der Waals surface area contributed by atoms with Gasteiger partial charge in [-0.1, -0.05) is 110 Å². The summed E-state index contributed by atoms with van der Waals surface area (Å²) in [7, 11) is 1.79. The van der Waals surface area contributed by atoms with E-state index in [1.54, 1.807) is 7.05 Å².